The van der Waals surface area contributed by atoms with Gasteiger partial charge in [-0.2, -0.15) is 0 Å². The van der Waals surface area contributed by atoms with Crippen LogP contribution < -0.4 is 10.2 Å². The summed E-state index contributed by atoms with van der Waals surface area (Å²) in [6.07, 6.45) is 0. The van der Waals surface area contributed by atoms with Crippen LogP contribution in [0.25, 0.3) is 0 Å². The number of hydrogen-bond acceptors (Lipinski definition) is 2. The molecule has 0 fully saturated rings. The highest BCUT2D eigenvalue weighted by molar-refractivity contribution is 5.91. The molecule has 0 aliphatic carbocycles. The fourth-order valence-electron chi connectivity index (χ4n) is 1.63. The van der Waals surface area contributed by atoms with Gasteiger partial charge in [0.25, 0.3) is 11.8 Å². The van der Waals surface area contributed by atoms with E-state index in [1.807, 2.05) is 0 Å². The number of quaternary nitrogens is 1. The van der Waals surface area contributed by atoms with E-state index in [9.17, 15) is 14.0 Å². The third-order valence-electron chi connectivity index (χ3n) is 2.87. The van der Waals surface area contributed by atoms with E-state index < -0.39 is 0 Å². The van der Waals surface area contributed by atoms with Gasteiger partial charge in [0, 0.05) is 19.8 Å². The van der Waals surface area contributed by atoms with Gasteiger partial charge >= 0.3 is 0 Å². The zero-order valence-corrected chi connectivity index (χ0v) is 12.3. The van der Waals surface area contributed by atoms with Crippen LogP contribution in [0.3, 0.4) is 0 Å². The molecular formula is C14H21FN3O2+. The number of nitrogens with one attached hydrogen (secondary N) is 2. The Balaban J connectivity index is 2.50. The molecule has 2 N–H and O–H groups in total. The molecular weight excluding hydrogens is 261 g/mol. The van der Waals surface area contributed by atoms with E-state index in [4.69, 9.17) is 0 Å². The second-order valence-corrected chi connectivity index (χ2v) is 5.11. The average Bonchev–Trinajstić information content (AvgIpc) is 2.33. The third kappa shape index (κ3) is 4.97. The Bertz CT molecular complexity index is 503. The van der Waals surface area contributed by atoms with Gasteiger partial charge in [0.15, 0.2) is 13.1 Å². The monoisotopic (exact) mass is 282 g/mol. The molecule has 0 bridgehead atoms. The number of aryl methyl sites for hydroxylation is 1. The molecule has 0 saturated carbocycles. The number of anilines is 1. The molecule has 2 amide bonds. The molecule has 0 radical (unpaired) electrons. The van der Waals surface area contributed by atoms with E-state index >= 15 is 0 Å². The standard InChI is InChI=1S/C14H20FN3O2/c1-10-5-6-11(7-12(10)15)16-13(19)8-18(4)9-14(20)17(2)3/h5-7H,8-9H2,1-4H3,(H,16,19)/p+1. The van der Waals surface area contributed by atoms with Gasteiger partial charge in [0.1, 0.15) is 5.82 Å². The van der Waals surface area contributed by atoms with E-state index in [0.29, 0.717) is 11.3 Å². The summed E-state index contributed by atoms with van der Waals surface area (Å²) in [5.41, 5.74) is 0.951. The maximum Gasteiger partial charge on any atom is 0.279 e. The smallest absolute Gasteiger partial charge is 0.279 e. The molecule has 0 aliphatic heterocycles. The number of amides is 2. The van der Waals surface area contributed by atoms with Crippen molar-refractivity contribution in [1.29, 1.82) is 0 Å². The number of carbonyl (C=O) groups is 2. The van der Waals surface area contributed by atoms with E-state index in [2.05, 4.69) is 5.32 Å². The van der Waals surface area contributed by atoms with Gasteiger partial charge in [-0.15, -0.1) is 0 Å². The summed E-state index contributed by atoms with van der Waals surface area (Å²) in [5, 5.41) is 2.62. The number of likely N-dealkylation sites (N-methyl/N-ethyl adjacent to an activating group) is 2. The lowest BCUT2D eigenvalue weighted by atomic mass is 10.2. The van der Waals surface area contributed by atoms with Crippen LogP contribution in [0.1, 0.15) is 5.56 Å². The Morgan fingerprint density at radius 3 is 2.50 bits per heavy atom. The van der Waals surface area contributed by atoms with Crippen LogP contribution in [0.15, 0.2) is 18.2 Å². The second-order valence-electron chi connectivity index (χ2n) is 5.11. The Morgan fingerprint density at radius 1 is 1.30 bits per heavy atom. The molecule has 0 saturated heterocycles. The predicted molar refractivity (Wildman–Crippen MR) is 75.1 cm³/mol. The third-order valence-corrected chi connectivity index (χ3v) is 2.87. The maximum atomic E-state index is 13.3. The van der Waals surface area contributed by atoms with Crippen molar-refractivity contribution in [1.82, 2.24) is 4.90 Å². The van der Waals surface area contributed by atoms with Crippen molar-refractivity contribution in [3.8, 4) is 0 Å². The van der Waals surface area contributed by atoms with Gasteiger partial charge < -0.3 is 15.1 Å². The topological polar surface area (TPSA) is 53.9 Å². The Morgan fingerprint density at radius 2 is 1.95 bits per heavy atom. The van der Waals surface area contributed by atoms with Crippen LogP contribution in [0, 0.1) is 12.7 Å². The zero-order chi connectivity index (χ0) is 15.3. The first-order valence-electron chi connectivity index (χ1n) is 6.37. The van der Waals surface area contributed by atoms with E-state index in [-0.39, 0.29) is 30.7 Å². The van der Waals surface area contributed by atoms with Crippen LogP contribution >= 0.6 is 0 Å². The average molecular weight is 282 g/mol. The summed E-state index contributed by atoms with van der Waals surface area (Å²) in [7, 11) is 5.10. The molecule has 5 nitrogen and oxygen atoms in total. The lowest BCUT2D eigenvalue weighted by Crippen LogP contribution is -3.11. The van der Waals surface area contributed by atoms with Crippen LogP contribution in [0.4, 0.5) is 10.1 Å². The molecule has 1 aromatic rings. The highest BCUT2D eigenvalue weighted by Gasteiger charge is 2.15. The molecule has 1 unspecified atom stereocenters. The summed E-state index contributed by atoms with van der Waals surface area (Å²) in [6, 6.07) is 4.54. The summed E-state index contributed by atoms with van der Waals surface area (Å²) in [4.78, 5) is 25.5. The highest BCUT2D eigenvalue weighted by atomic mass is 19.1. The number of rotatable bonds is 5. The summed E-state index contributed by atoms with van der Waals surface area (Å²) < 4.78 is 13.3. The van der Waals surface area contributed by atoms with Gasteiger partial charge in [-0.05, 0) is 24.6 Å². The van der Waals surface area contributed by atoms with Crippen molar-refractivity contribution in [3.63, 3.8) is 0 Å². The van der Waals surface area contributed by atoms with Crippen molar-refractivity contribution in [2.45, 2.75) is 6.92 Å². The van der Waals surface area contributed by atoms with Gasteiger partial charge in [-0.1, -0.05) is 6.07 Å². The molecule has 1 aromatic carbocycles. The van der Waals surface area contributed by atoms with Crippen molar-refractivity contribution >= 4 is 17.5 Å². The number of carbonyl (C=O) groups excluding carboxylic acids is 2. The largest absolute Gasteiger partial charge is 0.344 e. The molecule has 110 valence electrons. The molecule has 6 heteroatoms. The Hall–Kier alpha value is -1.95. The number of hydrogen-bond donors (Lipinski definition) is 2. The Kier molecular flexibility index (Phi) is 5.64. The molecule has 0 heterocycles. The maximum absolute atomic E-state index is 13.3. The molecule has 0 aliphatic rings. The summed E-state index contributed by atoms with van der Waals surface area (Å²) in [6.45, 7) is 2.05. The number of halogens is 1. The fourth-order valence-corrected chi connectivity index (χ4v) is 1.63. The van der Waals surface area contributed by atoms with Crippen molar-refractivity contribution in [2.24, 2.45) is 0 Å². The van der Waals surface area contributed by atoms with Gasteiger partial charge in [0.05, 0.1) is 7.05 Å². The molecule has 1 atom stereocenters. The van der Waals surface area contributed by atoms with Crippen molar-refractivity contribution < 1.29 is 18.9 Å². The number of nitrogens with zero attached hydrogens (tertiary/aromatic N) is 1. The van der Waals surface area contributed by atoms with Gasteiger partial charge in [-0.3, -0.25) is 9.59 Å². The fraction of sp³-hybridized carbons (Fsp3) is 0.429. The van der Waals surface area contributed by atoms with Gasteiger partial charge in [-0.25, -0.2) is 4.39 Å². The van der Waals surface area contributed by atoms with E-state index in [1.165, 1.54) is 11.0 Å². The quantitative estimate of drug-likeness (QED) is 0.777. The highest BCUT2D eigenvalue weighted by Crippen LogP contribution is 2.13. The van der Waals surface area contributed by atoms with Crippen molar-refractivity contribution in [3.05, 3.63) is 29.6 Å². The summed E-state index contributed by atoms with van der Waals surface area (Å²) in [5.74, 6) is -0.653. The minimum absolute atomic E-state index is 0.0447. The number of benzene rings is 1. The normalized spacial score (nSPS) is 11.8. The van der Waals surface area contributed by atoms with Gasteiger partial charge in [0.2, 0.25) is 0 Å². The zero-order valence-electron chi connectivity index (χ0n) is 12.3. The first-order valence-corrected chi connectivity index (χ1v) is 6.37. The first kappa shape index (κ1) is 16.1. The first-order chi connectivity index (χ1) is 9.29. The lowest BCUT2D eigenvalue weighted by Gasteiger charge is -2.16. The molecule has 20 heavy (non-hydrogen) atoms. The van der Waals surface area contributed by atoms with Crippen LogP contribution in [0.2, 0.25) is 0 Å². The minimum atomic E-state index is -0.355. The van der Waals surface area contributed by atoms with E-state index in [1.54, 1.807) is 40.2 Å². The summed E-state index contributed by atoms with van der Waals surface area (Å²) >= 11 is 0. The van der Waals surface area contributed by atoms with Crippen LogP contribution in [0.5, 0.6) is 0 Å². The molecule has 0 spiro atoms. The Labute approximate surface area is 118 Å². The SMILES string of the molecule is Cc1ccc(NC(=O)C[NH+](C)CC(=O)N(C)C)cc1F. The molecule has 0 aromatic heterocycles. The minimum Gasteiger partial charge on any atom is -0.344 e. The van der Waals surface area contributed by atoms with Crippen LogP contribution in [-0.4, -0.2) is 50.9 Å². The predicted octanol–water partition coefficient (Wildman–Crippen LogP) is -0.324. The van der Waals surface area contributed by atoms with Crippen molar-refractivity contribution in [2.75, 3.05) is 39.5 Å². The lowest BCUT2D eigenvalue weighted by molar-refractivity contribution is -0.862. The molecule has 1 rings (SSSR count). The van der Waals surface area contributed by atoms with Crippen LogP contribution in [-0.2, 0) is 9.59 Å². The van der Waals surface area contributed by atoms with E-state index in [0.717, 1.165) is 4.90 Å². The second kappa shape index (κ2) is 7.00.